The smallest absolute Gasteiger partial charge is 0.330 e. The van der Waals surface area contributed by atoms with Crippen molar-refractivity contribution in [2.45, 2.75) is 32.9 Å². The highest BCUT2D eigenvalue weighted by atomic mass is 35.5. The van der Waals surface area contributed by atoms with Gasteiger partial charge in [0.2, 0.25) is 0 Å². The summed E-state index contributed by atoms with van der Waals surface area (Å²) in [7, 11) is 0. The molecule has 0 aliphatic heterocycles. The summed E-state index contributed by atoms with van der Waals surface area (Å²) in [6.45, 7) is 6.05. The van der Waals surface area contributed by atoms with Gasteiger partial charge in [-0.1, -0.05) is 11.6 Å². The van der Waals surface area contributed by atoms with Gasteiger partial charge in [-0.2, -0.15) is 0 Å². The SMILES string of the molecule is CCOC(=O)C(NC(C)C)c1ncc(Cl)s1. The van der Waals surface area contributed by atoms with Gasteiger partial charge in [0.05, 0.1) is 12.8 Å². The summed E-state index contributed by atoms with van der Waals surface area (Å²) < 4.78 is 5.56. The summed E-state index contributed by atoms with van der Waals surface area (Å²) in [6.07, 6.45) is 1.54. The number of hydrogen-bond acceptors (Lipinski definition) is 5. The van der Waals surface area contributed by atoms with Crippen LogP contribution >= 0.6 is 22.9 Å². The van der Waals surface area contributed by atoms with Crippen molar-refractivity contribution in [2.75, 3.05) is 6.61 Å². The first-order chi connectivity index (χ1) is 7.54. The molecule has 0 radical (unpaired) electrons. The number of nitrogens with zero attached hydrogens (tertiary/aromatic N) is 1. The first-order valence-electron chi connectivity index (χ1n) is 5.08. The van der Waals surface area contributed by atoms with E-state index in [4.69, 9.17) is 16.3 Å². The molecule has 0 saturated heterocycles. The summed E-state index contributed by atoms with van der Waals surface area (Å²) in [5, 5.41) is 3.75. The summed E-state index contributed by atoms with van der Waals surface area (Å²) in [5.74, 6) is -0.317. The average molecular weight is 263 g/mol. The van der Waals surface area contributed by atoms with E-state index in [2.05, 4.69) is 10.3 Å². The van der Waals surface area contributed by atoms with Crippen LogP contribution in [0.5, 0.6) is 0 Å². The number of aromatic nitrogens is 1. The topological polar surface area (TPSA) is 51.2 Å². The molecule has 90 valence electrons. The van der Waals surface area contributed by atoms with Crippen molar-refractivity contribution in [1.82, 2.24) is 10.3 Å². The van der Waals surface area contributed by atoms with Crippen molar-refractivity contribution >= 4 is 28.9 Å². The number of nitrogens with one attached hydrogen (secondary N) is 1. The Bertz CT molecular complexity index is 354. The summed E-state index contributed by atoms with van der Waals surface area (Å²) in [4.78, 5) is 15.8. The molecule has 1 atom stereocenters. The van der Waals surface area contributed by atoms with Gasteiger partial charge in [-0.25, -0.2) is 9.78 Å². The lowest BCUT2D eigenvalue weighted by atomic mass is 10.2. The van der Waals surface area contributed by atoms with Crippen LogP contribution in [0.3, 0.4) is 0 Å². The standard InChI is InChI=1S/C10H15ClN2O2S/c1-4-15-10(14)8(13-6(2)3)9-12-5-7(11)16-9/h5-6,8,13H,4H2,1-3H3. The number of hydrogen-bond donors (Lipinski definition) is 1. The number of carbonyl (C=O) groups is 1. The first kappa shape index (κ1) is 13.4. The molecular weight excluding hydrogens is 248 g/mol. The molecule has 0 bridgehead atoms. The molecule has 1 aromatic heterocycles. The summed E-state index contributed by atoms with van der Waals surface area (Å²) in [5.41, 5.74) is 0. The van der Waals surface area contributed by atoms with Crippen LogP contribution in [0.1, 0.15) is 31.8 Å². The normalized spacial score (nSPS) is 12.8. The fourth-order valence-corrected chi connectivity index (χ4v) is 2.18. The van der Waals surface area contributed by atoms with E-state index in [0.29, 0.717) is 16.0 Å². The van der Waals surface area contributed by atoms with E-state index in [9.17, 15) is 4.79 Å². The third-order valence-corrected chi connectivity index (χ3v) is 2.94. The predicted molar refractivity (Wildman–Crippen MR) is 64.8 cm³/mol. The molecule has 16 heavy (non-hydrogen) atoms. The Labute approximate surface area is 104 Å². The zero-order valence-corrected chi connectivity index (χ0v) is 11.1. The van der Waals surface area contributed by atoms with Gasteiger partial charge >= 0.3 is 5.97 Å². The van der Waals surface area contributed by atoms with Crippen molar-refractivity contribution in [1.29, 1.82) is 0 Å². The Kier molecular flexibility index (Phi) is 5.18. The Balaban J connectivity index is 2.82. The third kappa shape index (κ3) is 3.73. The quantitative estimate of drug-likeness (QED) is 0.828. The Morgan fingerprint density at radius 1 is 1.69 bits per heavy atom. The van der Waals surface area contributed by atoms with Crippen molar-refractivity contribution < 1.29 is 9.53 Å². The van der Waals surface area contributed by atoms with Gasteiger partial charge < -0.3 is 4.74 Å². The molecule has 4 nitrogen and oxygen atoms in total. The maximum Gasteiger partial charge on any atom is 0.330 e. The van der Waals surface area contributed by atoms with Crippen LogP contribution in [0, 0.1) is 0 Å². The van der Waals surface area contributed by atoms with Gasteiger partial charge in [0.25, 0.3) is 0 Å². The highest BCUT2D eigenvalue weighted by Gasteiger charge is 2.25. The average Bonchev–Trinajstić information content (AvgIpc) is 2.61. The molecule has 0 fully saturated rings. The molecule has 0 amide bonds. The molecule has 1 unspecified atom stereocenters. The minimum atomic E-state index is -0.530. The van der Waals surface area contributed by atoms with Gasteiger partial charge in [0.1, 0.15) is 9.34 Å². The minimum Gasteiger partial charge on any atom is -0.465 e. The molecule has 0 saturated carbocycles. The molecule has 1 heterocycles. The Hall–Kier alpha value is -0.650. The zero-order chi connectivity index (χ0) is 12.1. The second-order valence-electron chi connectivity index (χ2n) is 3.51. The van der Waals surface area contributed by atoms with E-state index in [1.54, 1.807) is 6.92 Å². The van der Waals surface area contributed by atoms with Crippen LogP contribution in [0.25, 0.3) is 0 Å². The van der Waals surface area contributed by atoms with Crippen LogP contribution < -0.4 is 5.32 Å². The van der Waals surface area contributed by atoms with E-state index in [0.717, 1.165) is 0 Å². The monoisotopic (exact) mass is 262 g/mol. The van der Waals surface area contributed by atoms with Crippen LogP contribution in [-0.2, 0) is 9.53 Å². The molecule has 0 aliphatic carbocycles. The zero-order valence-electron chi connectivity index (χ0n) is 9.49. The van der Waals surface area contributed by atoms with Gasteiger partial charge in [0.15, 0.2) is 6.04 Å². The summed E-state index contributed by atoms with van der Waals surface area (Å²) >= 11 is 7.08. The van der Waals surface area contributed by atoms with Crippen molar-refractivity contribution in [2.24, 2.45) is 0 Å². The Morgan fingerprint density at radius 3 is 2.81 bits per heavy atom. The molecule has 0 aromatic carbocycles. The summed E-state index contributed by atoms with van der Waals surface area (Å²) in [6, 6.07) is -0.366. The minimum absolute atomic E-state index is 0.164. The predicted octanol–water partition coefficient (Wildman–Crippen LogP) is 2.40. The maximum absolute atomic E-state index is 11.7. The number of carbonyl (C=O) groups excluding carboxylic acids is 1. The highest BCUT2D eigenvalue weighted by Crippen LogP contribution is 2.25. The second-order valence-corrected chi connectivity index (χ2v) is 5.20. The fraction of sp³-hybridized carbons (Fsp3) is 0.600. The second kappa shape index (κ2) is 6.18. The largest absolute Gasteiger partial charge is 0.465 e. The molecule has 6 heteroatoms. The lowest BCUT2D eigenvalue weighted by Gasteiger charge is -2.17. The van der Waals surface area contributed by atoms with Gasteiger partial charge in [-0.05, 0) is 20.8 Å². The fourth-order valence-electron chi connectivity index (χ4n) is 1.20. The van der Waals surface area contributed by atoms with Gasteiger partial charge in [0, 0.05) is 6.04 Å². The van der Waals surface area contributed by atoms with E-state index >= 15 is 0 Å². The van der Waals surface area contributed by atoms with Gasteiger partial charge in [-0.3, -0.25) is 5.32 Å². The number of esters is 1. The van der Waals surface area contributed by atoms with Crippen molar-refractivity contribution in [3.63, 3.8) is 0 Å². The van der Waals surface area contributed by atoms with Crippen LogP contribution in [0.15, 0.2) is 6.20 Å². The molecular formula is C10H15ClN2O2S. The van der Waals surface area contributed by atoms with Crippen molar-refractivity contribution in [3.05, 3.63) is 15.5 Å². The lowest BCUT2D eigenvalue weighted by Crippen LogP contribution is -2.34. The number of thiazole rings is 1. The van der Waals surface area contributed by atoms with Crippen LogP contribution in [0.2, 0.25) is 4.34 Å². The van der Waals surface area contributed by atoms with E-state index in [1.165, 1.54) is 17.5 Å². The number of halogens is 1. The number of rotatable bonds is 5. The number of ether oxygens (including phenoxy) is 1. The lowest BCUT2D eigenvalue weighted by molar-refractivity contribution is -0.146. The molecule has 0 spiro atoms. The Morgan fingerprint density at radius 2 is 2.38 bits per heavy atom. The van der Waals surface area contributed by atoms with Crippen molar-refractivity contribution in [3.8, 4) is 0 Å². The first-order valence-corrected chi connectivity index (χ1v) is 6.28. The van der Waals surface area contributed by atoms with Crippen LogP contribution in [-0.4, -0.2) is 23.6 Å². The molecule has 1 aromatic rings. The maximum atomic E-state index is 11.7. The van der Waals surface area contributed by atoms with E-state index < -0.39 is 6.04 Å². The third-order valence-electron chi connectivity index (χ3n) is 1.76. The molecule has 0 aliphatic rings. The van der Waals surface area contributed by atoms with E-state index in [-0.39, 0.29) is 12.0 Å². The van der Waals surface area contributed by atoms with Gasteiger partial charge in [-0.15, -0.1) is 11.3 Å². The van der Waals surface area contributed by atoms with E-state index in [1.807, 2.05) is 13.8 Å². The molecule has 1 rings (SSSR count). The molecule has 1 N–H and O–H groups in total. The highest BCUT2D eigenvalue weighted by molar-refractivity contribution is 7.16. The van der Waals surface area contributed by atoms with Crippen LogP contribution in [0.4, 0.5) is 0 Å².